The molecule has 220 valence electrons. The molecule has 0 spiro atoms. The number of likely N-dealkylation sites (tertiary alicyclic amines) is 1. The second-order valence-electron chi connectivity index (χ2n) is 11.0. The number of piperidine rings is 1. The molecule has 1 amide bonds. The highest BCUT2D eigenvalue weighted by Crippen LogP contribution is 2.38. The Morgan fingerprint density at radius 1 is 1.07 bits per heavy atom. The van der Waals surface area contributed by atoms with Crippen molar-refractivity contribution in [3.63, 3.8) is 0 Å². The van der Waals surface area contributed by atoms with Crippen LogP contribution in [0.25, 0.3) is 11.0 Å². The summed E-state index contributed by atoms with van der Waals surface area (Å²) in [5, 5.41) is 0.855. The van der Waals surface area contributed by atoms with Gasteiger partial charge in [0.25, 0.3) is 0 Å². The highest BCUT2D eigenvalue weighted by Gasteiger charge is 2.37. The van der Waals surface area contributed by atoms with Crippen molar-refractivity contribution in [3.05, 3.63) is 77.4 Å². The number of hydrogen-bond donors (Lipinski definition) is 1. The molecule has 4 aromatic rings. The Labute approximate surface area is 241 Å². The monoisotopic (exact) mass is 579 g/mol. The minimum absolute atomic E-state index is 0.0614. The standard InChI is InChI=1S/C31H32F3N5O3/c1-19-25-17-23(42-27-6-11-36-30-24(27)5-10-35-30)4-3-20(25)7-14-39(19)29(40)16-21-15-26(31(32,33)34)28(18-37-21)41-22-8-12-38(2)13-9-22/h3-6,10-11,15,17-19,22H,7-9,12-14,16H2,1-2H3,(H,35,36)/t19-/m0/s1. The number of nitrogens with zero attached hydrogens (tertiary/aromatic N) is 4. The largest absolute Gasteiger partial charge is 0.488 e. The summed E-state index contributed by atoms with van der Waals surface area (Å²) in [6.45, 7) is 3.91. The molecule has 8 nitrogen and oxygen atoms in total. The lowest BCUT2D eigenvalue weighted by atomic mass is 9.93. The highest BCUT2D eigenvalue weighted by atomic mass is 19.4. The number of carbonyl (C=O) groups is 1. The summed E-state index contributed by atoms with van der Waals surface area (Å²) in [5.74, 6) is 0.715. The van der Waals surface area contributed by atoms with Crippen LogP contribution >= 0.6 is 0 Å². The topological polar surface area (TPSA) is 83.6 Å². The summed E-state index contributed by atoms with van der Waals surface area (Å²) in [5.41, 5.74) is 1.93. The number of H-pyrrole nitrogens is 1. The molecule has 1 fully saturated rings. The summed E-state index contributed by atoms with van der Waals surface area (Å²) in [6, 6.07) is 10.2. The van der Waals surface area contributed by atoms with Crippen molar-refractivity contribution < 1.29 is 27.4 Å². The van der Waals surface area contributed by atoms with Crippen molar-refractivity contribution in [2.75, 3.05) is 26.7 Å². The number of hydrogen-bond acceptors (Lipinski definition) is 6. The molecule has 0 unspecified atom stereocenters. The van der Waals surface area contributed by atoms with E-state index in [1.165, 1.54) is 0 Å². The van der Waals surface area contributed by atoms with E-state index < -0.39 is 11.7 Å². The second-order valence-corrected chi connectivity index (χ2v) is 11.0. The zero-order valence-corrected chi connectivity index (χ0v) is 23.4. The third-order valence-corrected chi connectivity index (χ3v) is 8.15. The summed E-state index contributed by atoms with van der Waals surface area (Å²) in [6.07, 6.45) is 1.34. The van der Waals surface area contributed by atoms with Gasteiger partial charge in [0, 0.05) is 32.0 Å². The van der Waals surface area contributed by atoms with Crippen LogP contribution in [0.2, 0.25) is 0 Å². The predicted octanol–water partition coefficient (Wildman–Crippen LogP) is 5.93. The molecule has 1 aromatic carbocycles. The van der Waals surface area contributed by atoms with E-state index in [2.05, 4.69) is 19.9 Å². The van der Waals surface area contributed by atoms with E-state index in [1.807, 2.05) is 38.2 Å². The number of ether oxygens (including phenoxy) is 2. The number of amides is 1. The Morgan fingerprint density at radius 2 is 1.88 bits per heavy atom. The number of pyridine rings is 2. The lowest BCUT2D eigenvalue weighted by molar-refractivity contribution is -0.140. The fourth-order valence-corrected chi connectivity index (χ4v) is 5.78. The van der Waals surface area contributed by atoms with Gasteiger partial charge in [0.2, 0.25) is 5.91 Å². The first kappa shape index (κ1) is 28.0. The average Bonchev–Trinajstić information content (AvgIpc) is 3.45. The molecule has 0 aliphatic carbocycles. The molecule has 2 aliphatic rings. The molecule has 6 rings (SSSR count). The van der Waals surface area contributed by atoms with Crippen molar-refractivity contribution >= 4 is 16.9 Å². The molecule has 0 saturated carbocycles. The van der Waals surface area contributed by atoms with Crippen LogP contribution in [0.1, 0.15) is 48.2 Å². The van der Waals surface area contributed by atoms with Crippen LogP contribution in [0.4, 0.5) is 13.2 Å². The molecule has 5 heterocycles. The van der Waals surface area contributed by atoms with Gasteiger partial charge in [-0.05, 0) is 74.7 Å². The molecule has 2 aliphatic heterocycles. The van der Waals surface area contributed by atoms with E-state index in [0.717, 1.165) is 47.5 Å². The minimum Gasteiger partial charge on any atom is -0.488 e. The Bertz CT molecular complexity index is 1600. The van der Waals surface area contributed by atoms with Crippen LogP contribution in [0.15, 0.2) is 55.0 Å². The van der Waals surface area contributed by atoms with Gasteiger partial charge in [0.1, 0.15) is 34.6 Å². The molecule has 11 heteroatoms. The molecular weight excluding hydrogens is 547 g/mol. The number of benzene rings is 1. The lowest BCUT2D eigenvalue weighted by Crippen LogP contribution is -2.39. The number of alkyl halides is 3. The number of fused-ring (bicyclic) bond motifs is 2. The van der Waals surface area contributed by atoms with Gasteiger partial charge in [-0.2, -0.15) is 13.2 Å². The first-order valence-corrected chi connectivity index (χ1v) is 14.1. The number of rotatable bonds is 6. The Balaban J connectivity index is 1.17. The maximum absolute atomic E-state index is 14.0. The van der Waals surface area contributed by atoms with Gasteiger partial charge in [-0.25, -0.2) is 4.98 Å². The van der Waals surface area contributed by atoms with Crippen molar-refractivity contribution in [2.45, 2.75) is 50.9 Å². The molecule has 1 N–H and O–H groups in total. The van der Waals surface area contributed by atoms with Crippen LogP contribution in [-0.4, -0.2) is 63.4 Å². The molecule has 1 atom stereocenters. The smallest absolute Gasteiger partial charge is 0.420 e. The average molecular weight is 580 g/mol. The van der Waals surface area contributed by atoms with E-state index in [0.29, 0.717) is 37.3 Å². The van der Waals surface area contributed by atoms with Gasteiger partial charge in [-0.1, -0.05) is 6.07 Å². The Morgan fingerprint density at radius 3 is 2.67 bits per heavy atom. The third-order valence-electron chi connectivity index (χ3n) is 8.15. The van der Waals surface area contributed by atoms with Gasteiger partial charge in [0.05, 0.1) is 29.7 Å². The summed E-state index contributed by atoms with van der Waals surface area (Å²) >= 11 is 0. The number of carbonyl (C=O) groups excluding carboxylic acids is 1. The van der Waals surface area contributed by atoms with Crippen molar-refractivity contribution in [2.24, 2.45) is 0 Å². The number of aromatic nitrogens is 3. The highest BCUT2D eigenvalue weighted by molar-refractivity contribution is 5.82. The van der Waals surface area contributed by atoms with E-state index in [9.17, 15) is 18.0 Å². The number of halogens is 3. The van der Waals surface area contributed by atoms with Crippen LogP contribution in [0.5, 0.6) is 17.2 Å². The normalized spacial score (nSPS) is 18.2. The molecule has 0 radical (unpaired) electrons. The van der Waals surface area contributed by atoms with Gasteiger partial charge in [0.15, 0.2) is 0 Å². The van der Waals surface area contributed by atoms with Crippen molar-refractivity contribution in [1.29, 1.82) is 0 Å². The molecular formula is C31H32F3N5O3. The summed E-state index contributed by atoms with van der Waals surface area (Å²) in [7, 11) is 1.97. The van der Waals surface area contributed by atoms with Crippen molar-refractivity contribution in [1.82, 2.24) is 24.8 Å². The zero-order valence-electron chi connectivity index (χ0n) is 23.4. The molecule has 0 bridgehead atoms. The lowest BCUT2D eigenvalue weighted by Gasteiger charge is -2.35. The van der Waals surface area contributed by atoms with Crippen LogP contribution in [0.3, 0.4) is 0 Å². The van der Waals surface area contributed by atoms with Gasteiger partial charge >= 0.3 is 6.18 Å². The number of nitrogens with one attached hydrogen (secondary N) is 1. The van der Waals surface area contributed by atoms with Gasteiger partial charge in [-0.15, -0.1) is 0 Å². The maximum atomic E-state index is 14.0. The third kappa shape index (κ3) is 5.78. The molecule has 3 aromatic heterocycles. The first-order valence-electron chi connectivity index (χ1n) is 14.1. The Hall–Kier alpha value is -4.12. The van der Waals surface area contributed by atoms with E-state index in [4.69, 9.17) is 9.47 Å². The van der Waals surface area contributed by atoms with Crippen LogP contribution in [-0.2, 0) is 23.8 Å². The minimum atomic E-state index is -4.63. The second kappa shape index (κ2) is 11.3. The van der Waals surface area contributed by atoms with E-state index >= 15 is 0 Å². The zero-order chi connectivity index (χ0) is 29.4. The van der Waals surface area contributed by atoms with Crippen molar-refractivity contribution in [3.8, 4) is 17.2 Å². The van der Waals surface area contributed by atoms with E-state index in [1.54, 1.807) is 23.4 Å². The van der Waals surface area contributed by atoms with Crippen LogP contribution in [0, 0.1) is 0 Å². The Kier molecular flexibility index (Phi) is 7.53. The fraction of sp³-hybridized carbons (Fsp3) is 0.387. The SMILES string of the molecule is C[C@H]1c2cc(Oc3ccnc4[nH]ccc34)ccc2CCN1C(=O)Cc1cc(C(F)(F)F)c(OC2CCN(C)CC2)cn1. The number of aromatic amines is 1. The first-order chi connectivity index (χ1) is 20.2. The fourth-order valence-electron chi connectivity index (χ4n) is 5.78. The maximum Gasteiger partial charge on any atom is 0.420 e. The van der Waals surface area contributed by atoms with E-state index in [-0.39, 0.29) is 35.9 Å². The quantitative estimate of drug-likeness (QED) is 0.305. The summed E-state index contributed by atoms with van der Waals surface area (Å²) < 4.78 is 53.9. The summed E-state index contributed by atoms with van der Waals surface area (Å²) in [4.78, 5) is 28.8. The molecule has 42 heavy (non-hydrogen) atoms. The van der Waals surface area contributed by atoms with Gasteiger partial charge < -0.3 is 24.3 Å². The van der Waals surface area contributed by atoms with Crippen LogP contribution < -0.4 is 9.47 Å². The predicted molar refractivity (Wildman–Crippen MR) is 151 cm³/mol. The van der Waals surface area contributed by atoms with Gasteiger partial charge in [-0.3, -0.25) is 9.78 Å². The molecule has 1 saturated heterocycles.